The van der Waals surface area contributed by atoms with Crippen molar-refractivity contribution in [1.82, 2.24) is 4.98 Å². The van der Waals surface area contributed by atoms with Gasteiger partial charge in [-0.15, -0.1) is 0 Å². The molecule has 4 rings (SSSR count). The van der Waals surface area contributed by atoms with Crippen LogP contribution in [0, 0.1) is 5.92 Å². The summed E-state index contributed by atoms with van der Waals surface area (Å²) < 4.78 is 0. The van der Waals surface area contributed by atoms with Crippen molar-refractivity contribution in [2.24, 2.45) is 11.7 Å². The van der Waals surface area contributed by atoms with E-state index in [9.17, 15) is 9.59 Å². The number of anilines is 1. The lowest BCUT2D eigenvalue weighted by molar-refractivity contribution is -0.111. The second-order valence-corrected chi connectivity index (χ2v) is 7.65. The molecule has 1 aliphatic carbocycles. The summed E-state index contributed by atoms with van der Waals surface area (Å²) in [4.78, 5) is 27.0. The van der Waals surface area contributed by atoms with Gasteiger partial charge in [0.25, 0.3) is 5.91 Å². The third-order valence-electron chi connectivity index (χ3n) is 5.64. The van der Waals surface area contributed by atoms with Gasteiger partial charge in [-0.05, 0) is 53.8 Å². The normalized spacial score (nSPS) is 14.6. The van der Waals surface area contributed by atoms with Crippen LogP contribution in [0.4, 0.5) is 5.69 Å². The molecule has 29 heavy (non-hydrogen) atoms. The van der Waals surface area contributed by atoms with E-state index in [0.29, 0.717) is 5.56 Å². The van der Waals surface area contributed by atoms with E-state index in [4.69, 9.17) is 5.73 Å². The molecule has 5 heteroatoms. The van der Waals surface area contributed by atoms with Crippen LogP contribution in [0.1, 0.15) is 42.5 Å². The highest BCUT2D eigenvalue weighted by Gasteiger charge is 2.14. The second-order valence-electron chi connectivity index (χ2n) is 7.65. The maximum Gasteiger partial charge on any atom is 0.250 e. The minimum Gasteiger partial charge on any atom is -0.366 e. The number of H-pyrrole nitrogens is 1. The number of nitrogens with one attached hydrogen (secondary N) is 2. The van der Waals surface area contributed by atoms with Crippen LogP contribution in [0.5, 0.6) is 0 Å². The van der Waals surface area contributed by atoms with E-state index in [1.54, 1.807) is 18.3 Å². The summed E-state index contributed by atoms with van der Waals surface area (Å²) in [5, 5.41) is 3.86. The Bertz CT molecular complexity index is 1070. The third kappa shape index (κ3) is 4.24. The zero-order valence-electron chi connectivity index (χ0n) is 16.3. The number of rotatable bonds is 6. The van der Waals surface area contributed by atoms with Crippen molar-refractivity contribution in [2.75, 3.05) is 5.32 Å². The molecule has 0 spiro atoms. The molecule has 0 aliphatic heterocycles. The van der Waals surface area contributed by atoms with Gasteiger partial charge in [-0.25, -0.2) is 0 Å². The molecule has 2 amide bonds. The quantitative estimate of drug-likeness (QED) is 0.519. The number of allylic oxidation sites excluding steroid dienone is 1. The molecule has 3 aromatic rings. The van der Waals surface area contributed by atoms with Crippen LogP contribution < -0.4 is 11.1 Å². The highest BCUT2D eigenvalue weighted by Crippen LogP contribution is 2.32. The molecule has 0 unspecified atom stereocenters. The molecule has 0 saturated heterocycles. The van der Waals surface area contributed by atoms with Gasteiger partial charge in [-0.3, -0.25) is 9.59 Å². The van der Waals surface area contributed by atoms with Crippen LogP contribution in [0.25, 0.3) is 22.0 Å². The number of nitrogens with two attached hydrogens (primary N) is 1. The molecular formula is C24H25N3O2. The number of carbonyl (C=O) groups excluding carboxylic acids is 2. The Morgan fingerprint density at radius 2 is 1.97 bits per heavy atom. The summed E-state index contributed by atoms with van der Waals surface area (Å²) in [5.41, 5.74) is 9.32. The van der Waals surface area contributed by atoms with E-state index in [1.807, 2.05) is 42.5 Å². The highest BCUT2D eigenvalue weighted by molar-refractivity contribution is 6.09. The SMILES string of the molecule is NC(=O)c1ccc(-c2cccc(NC(=O)C=CCC3CCCC3)c2)c2cc[nH]c12. The van der Waals surface area contributed by atoms with E-state index in [0.717, 1.165) is 40.1 Å². The van der Waals surface area contributed by atoms with E-state index in [1.165, 1.54) is 25.7 Å². The molecule has 4 N–H and O–H groups in total. The molecule has 0 atom stereocenters. The van der Waals surface area contributed by atoms with E-state index >= 15 is 0 Å². The first-order chi connectivity index (χ1) is 14.1. The minimum atomic E-state index is -0.464. The smallest absolute Gasteiger partial charge is 0.250 e. The number of carbonyl (C=O) groups is 2. The second kappa shape index (κ2) is 8.35. The van der Waals surface area contributed by atoms with Crippen LogP contribution in [0.15, 0.2) is 60.8 Å². The fourth-order valence-electron chi connectivity index (χ4n) is 4.18. The van der Waals surface area contributed by atoms with E-state index < -0.39 is 5.91 Å². The van der Waals surface area contributed by atoms with Crippen molar-refractivity contribution in [3.63, 3.8) is 0 Å². The Morgan fingerprint density at radius 3 is 2.76 bits per heavy atom. The topological polar surface area (TPSA) is 88.0 Å². The van der Waals surface area contributed by atoms with Crippen molar-refractivity contribution in [3.05, 3.63) is 66.4 Å². The lowest BCUT2D eigenvalue weighted by Crippen LogP contribution is -2.11. The molecule has 1 aromatic heterocycles. The first-order valence-electron chi connectivity index (χ1n) is 10.1. The maximum atomic E-state index is 12.3. The van der Waals surface area contributed by atoms with Crippen molar-refractivity contribution in [1.29, 1.82) is 0 Å². The van der Waals surface area contributed by atoms with Crippen molar-refractivity contribution in [2.45, 2.75) is 32.1 Å². The highest BCUT2D eigenvalue weighted by atomic mass is 16.1. The Kier molecular flexibility index (Phi) is 5.47. The predicted molar refractivity (Wildman–Crippen MR) is 117 cm³/mol. The van der Waals surface area contributed by atoms with Gasteiger partial charge in [-0.2, -0.15) is 0 Å². The number of fused-ring (bicyclic) bond motifs is 1. The van der Waals surface area contributed by atoms with Crippen molar-refractivity contribution >= 4 is 28.4 Å². The molecule has 0 radical (unpaired) electrons. The third-order valence-corrected chi connectivity index (χ3v) is 5.64. The van der Waals surface area contributed by atoms with Crippen LogP contribution in [-0.2, 0) is 4.79 Å². The maximum absolute atomic E-state index is 12.3. The van der Waals surface area contributed by atoms with Gasteiger partial charge < -0.3 is 16.0 Å². The fraction of sp³-hybridized carbons (Fsp3) is 0.250. The fourth-order valence-corrected chi connectivity index (χ4v) is 4.18. The van der Waals surface area contributed by atoms with Gasteiger partial charge in [-0.1, -0.05) is 50.0 Å². The number of hydrogen-bond acceptors (Lipinski definition) is 2. The molecule has 1 heterocycles. The summed E-state index contributed by atoms with van der Waals surface area (Å²) in [6, 6.07) is 13.2. The zero-order chi connectivity index (χ0) is 20.2. The van der Waals surface area contributed by atoms with Gasteiger partial charge in [0.15, 0.2) is 0 Å². The van der Waals surface area contributed by atoms with Crippen LogP contribution >= 0.6 is 0 Å². The molecule has 1 fully saturated rings. The Balaban J connectivity index is 1.52. The summed E-state index contributed by atoms with van der Waals surface area (Å²) in [6.45, 7) is 0. The Labute approximate surface area is 170 Å². The van der Waals surface area contributed by atoms with Crippen LogP contribution in [0.2, 0.25) is 0 Å². The summed E-state index contributed by atoms with van der Waals surface area (Å²) in [5.74, 6) is 0.153. The van der Waals surface area contributed by atoms with Crippen molar-refractivity contribution in [3.8, 4) is 11.1 Å². The molecular weight excluding hydrogens is 362 g/mol. The number of amides is 2. The van der Waals surface area contributed by atoms with Gasteiger partial charge in [0, 0.05) is 17.3 Å². The summed E-state index contributed by atoms with van der Waals surface area (Å²) in [6.07, 6.45) is 11.6. The largest absolute Gasteiger partial charge is 0.366 e. The summed E-state index contributed by atoms with van der Waals surface area (Å²) in [7, 11) is 0. The molecule has 5 nitrogen and oxygen atoms in total. The van der Waals surface area contributed by atoms with E-state index in [2.05, 4.69) is 10.3 Å². The average Bonchev–Trinajstić information content (AvgIpc) is 3.39. The lowest BCUT2D eigenvalue weighted by Gasteiger charge is -2.09. The first-order valence-corrected chi connectivity index (χ1v) is 10.1. The monoisotopic (exact) mass is 387 g/mol. The van der Waals surface area contributed by atoms with E-state index in [-0.39, 0.29) is 5.91 Å². The Morgan fingerprint density at radius 1 is 1.14 bits per heavy atom. The molecule has 2 aromatic carbocycles. The first kappa shape index (κ1) is 19.0. The van der Waals surface area contributed by atoms with Gasteiger partial charge >= 0.3 is 0 Å². The van der Waals surface area contributed by atoms with Gasteiger partial charge in [0.05, 0.1) is 11.1 Å². The predicted octanol–water partition coefficient (Wildman–Crippen LogP) is 5.01. The number of primary amides is 1. The standard InChI is InChI=1S/C24H25N3O2/c25-24(29)21-12-11-19(20-13-14-26-23(20)21)17-8-4-9-18(15-17)27-22(28)10-3-7-16-5-1-2-6-16/h3-4,8-16,26H,1-2,5-7H2,(H2,25,29)(H,27,28). The van der Waals surface area contributed by atoms with Crippen molar-refractivity contribution < 1.29 is 9.59 Å². The van der Waals surface area contributed by atoms with Crippen LogP contribution in [-0.4, -0.2) is 16.8 Å². The number of aromatic amines is 1. The lowest BCUT2D eigenvalue weighted by atomic mass is 9.98. The Hall–Kier alpha value is -3.34. The number of benzene rings is 2. The average molecular weight is 387 g/mol. The molecule has 148 valence electrons. The molecule has 0 bridgehead atoms. The van der Waals surface area contributed by atoms with Crippen LogP contribution in [0.3, 0.4) is 0 Å². The van der Waals surface area contributed by atoms with Gasteiger partial charge in [0.1, 0.15) is 0 Å². The molecule has 1 saturated carbocycles. The molecule has 1 aliphatic rings. The zero-order valence-corrected chi connectivity index (χ0v) is 16.3. The summed E-state index contributed by atoms with van der Waals surface area (Å²) >= 11 is 0. The number of hydrogen-bond donors (Lipinski definition) is 3. The van der Waals surface area contributed by atoms with Gasteiger partial charge in [0.2, 0.25) is 5.91 Å². The minimum absolute atomic E-state index is 0.115. The number of aromatic nitrogens is 1.